The Morgan fingerprint density at radius 3 is 1.86 bits per heavy atom. The van der Waals surface area contributed by atoms with E-state index in [2.05, 4.69) is 0 Å². The summed E-state index contributed by atoms with van der Waals surface area (Å²) in [6, 6.07) is 26.1. The number of rotatable bonds is 8. The number of para-hydroxylation sites is 3. The zero-order chi connectivity index (χ0) is 30.7. The first-order valence-electron chi connectivity index (χ1n) is 12.5. The van der Waals surface area contributed by atoms with E-state index in [9.17, 15) is 28.1 Å². The van der Waals surface area contributed by atoms with Gasteiger partial charge in [-0.05, 0) is 66.3 Å². The lowest BCUT2D eigenvalue weighted by atomic mass is 10.0. The van der Waals surface area contributed by atoms with E-state index < -0.39 is 37.4 Å². The maximum atomic E-state index is 13.7. The molecule has 43 heavy (non-hydrogen) atoms. The first-order chi connectivity index (χ1) is 20.6. The van der Waals surface area contributed by atoms with Gasteiger partial charge in [-0.3, -0.25) is 29.5 Å². The number of carbonyl (C=O) groups is 2. The van der Waals surface area contributed by atoms with Crippen molar-refractivity contribution in [1.82, 2.24) is 0 Å². The molecule has 2 amide bonds. The smallest absolute Gasteiger partial charge is 0.346 e. The molecule has 1 heterocycles. The lowest BCUT2D eigenvalue weighted by Gasteiger charge is -2.36. The summed E-state index contributed by atoms with van der Waals surface area (Å²) in [6.45, 7) is 0. The fourth-order valence-corrected chi connectivity index (χ4v) is 5.82. The zero-order valence-electron chi connectivity index (χ0n) is 22.3. The number of ether oxygens (including phenoxy) is 1. The summed E-state index contributed by atoms with van der Waals surface area (Å²) in [5, 5.41) is 11.3. The minimum atomic E-state index is -4.63. The van der Waals surface area contributed by atoms with E-state index in [1.807, 2.05) is 0 Å². The van der Waals surface area contributed by atoms with Gasteiger partial charge in [-0.2, -0.15) is 8.42 Å². The van der Waals surface area contributed by atoms with Gasteiger partial charge in [0, 0.05) is 6.07 Å². The van der Waals surface area contributed by atoms with Crippen LogP contribution in [0.1, 0.15) is 5.56 Å². The molecule has 1 aliphatic heterocycles. The molecule has 1 fully saturated rings. The number of hydrogen-bond donors (Lipinski definition) is 0. The Morgan fingerprint density at radius 2 is 1.33 bits per heavy atom. The number of methoxy groups -OCH3 is 1. The maximum Gasteiger partial charge on any atom is 0.346 e. The van der Waals surface area contributed by atoms with Gasteiger partial charge in [-0.1, -0.05) is 54.6 Å². The largest absolute Gasteiger partial charge is 0.493 e. The minimum absolute atomic E-state index is 0.0221. The number of carbonyl (C=O) groups excluding carboxylic acids is 2. The van der Waals surface area contributed by atoms with Crippen molar-refractivity contribution in [2.24, 2.45) is 0 Å². The second-order valence-electron chi connectivity index (χ2n) is 8.97. The van der Waals surface area contributed by atoms with Crippen LogP contribution < -0.4 is 18.7 Å². The van der Waals surface area contributed by atoms with Crippen LogP contribution in [0.15, 0.2) is 114 Å². The van der Waals surface area contributed by atoms with Crippen molar-refractivity contribution < 1.29 is 31.9 Å². The zero-order valence-corrected chi connectivity index (χ0v) is 23.9. The van der Waals surface area contributed by atoms with E-state index in [1.165, 1.54) is 53.3 Å². The molecule has 0 radical (unpaired) electrons. The van der Waals surface area contributed by atoms with Crippen LogP contribution in [0.25, 0.3) is 6.08 Å². The predicted molar refractivity (Wildman–Crippen MR) is 162 cm³/mol. The molecule has 1 aliphatic rings. The molecule has 13 heteroatoms. The third-order valence-corrected chi connectivity index (χ3v) is 7.96. The van der Waals surface area contributed by atoms with E-state index in [1.54, 1.807) is 60.7 Å². The topological polar surface area (TPSA) is 136 Å². The fourth-order valence-electron chi connectivity index (χ4n) is 4.33. The van der Waals surface area contributed by atoms with Gasteiger partial charge in [0.2, 0.25) is 0 Å². The van der Waals surface area contributed by atoms with E-state index in [0.717, 1.165) is 12.1 Å². The first kappa shape index (κ1) is 29.1. The number of nitro groups is 1. The molecule has 0 bridgehead atoms. The summed E-state index contributed by atoms with van der Waals surface area (Å²) < 4.78 is 36.4. The number of amides is 2. The molecule has 1 saturated heterocycles. The van der Waals surface area contributed by atoms with Gasteiger partial charge in [0.1, 0.15) is 5.57 Å². The van der Waals surface area contributed by atoms with E-state index in [0.29, 0.717) is 16.9 Å². The average molecular weight is 616 g/mol. The van der Waals surface area contributed by atoms with Crippen molar-refractivity contribution in [3.05, 3.63) is 124 Å². The number of nitrogens with zero attached hydrogens (tertiary/aromatic N) is 3. The fraction of sp³-hybridized carbons (Fsp3) is 0.0333. The summed E-state index contributed by atoms with van der Waals surface area (Å²) >= 11 is 5.60. The van der Waals surface area contributed by atoms with Crippen molar-refractivity contribution in [3.8, 4) is 11.5 Å². The molecule has 4 aromatic carbocycles. The Kier molecular flexibility index (Phi) is 8.01. The van der Waals surface area contributed by atoms with Gasteiger partial charge in [-0.25, -0.2) is 0 Å². The molecule has 0 aliphatic carbocycles. The Bertz CT molecular complexity index is 1830. The number of anilines is 2. The molecule has 0 unspecified atom stereocenters. The van der Waals surface area contributed by atoms with Crippen LogP contribution in [0.5, 0.6) is 11.5 Å². The molecule has 5 rings (SSSR count). The average Bonchev–Trinajstić information content (AvgIpc) is 3.01. The third kappa shape index (κ3) is 5.71. The molecule has 0 aromatic heterocycles. The first-order valence-corrected chi connectivity index (χ1v) is 14.3. The van der Waals surface area contributed by atoms with Crippen LogP contribution in [-0.4, -0.2) is 37.4 Å². The Hall–Kier alpha value is -5.40. The van der Waals surface area contributed by atoms with Crippen LogP contribution in [-0.2, 0) is 19.7 Å². The van der Waals surface area contributed by atoms with E-state index >= 15 is 0 Å². The summed E-state index contributed by atoms with van der Waals surface area (Å²) in [5.74, 6) is -1.65. The summed E-state index contributed by atoms with van der Waals surface area (Å²) in [4.78, 5) is 39.8. The maximum absolute atomic E-state index is 13.7. The molecule has 216 valence electrons. The molecule has 0 spiro atoms. The molecule has 0 saturated carbocycles. The minimum Gasteiger partial charge on any atom is -0.493 e. The summed E-state index contributed by atoms with van der Waals surface area (Å²) in [5.41, 5.74) is 0.347. The van der Waals surface area contributed by atoms with Crippen LogP contribution in [0.2, 0.25) is 0 Å². The highest BCUT2D eigenvalue weighted by Crippen LogP contribution is 2.35. The van der Waals surface area contributed by atoms with Crippen molar-refractivity contribution in [2.75, 3.05) is 16.9 Å². The third-order valence-electron chi connectivity index (χ3n) is 6.31. The highest BCUT2D eigenvalue weighted by molar-refractivity contribution is 7.87. The second-order valence-corrected chi connectivity index (χ2v) is 10.8. The van der Waals surface area contributed by atoms with Gasteiger partial charge in [0.05, 0.1) is 23.4 Å². The van der Waals surface area contributed by atoms with Crippen LogP contribution >= 0.6 is 12.2 Å². The van der Waals surface area contributed by atoms with Crippen LogP contribution in [0.4, 0.5) is 17.1 Å². The Morgan fingerprint density at radius 1 is 0.791 bits per heavy atom. The molecule has 0 N–H and O–H groups in total. The SMILES string of the molecule is COc1cc(C=C2C(=O)N(c3ccccc3)C(=S)N(c3ccccc3)C2=O)ccc1OS(=O)(=O)c1ccccc1[N+](=O)[O-]. The lowest BCUT2D eigenvalue weighted by Crippen LogP contribution is -2.56. The number of nitro benzene ring substituents is 1. The van der Waals surface area contributed by atoms with E-state index in [-0.39, 0.29) is 22.2 Å². The highest BCUT2D eigenvalue weighted by Gasteiger charge is 2.41. The second kappa shape index (κ2) is 11.8. The van der Waals surface area contributed by atoms with Gasteiger partial charge >= 0.3 is 10.1 Å². The predicted octanol–water partition coefficient (Wildman–Crippen LogP) is 5.12. The van der Waals surface area contributed by atoms with Gasteiger partial charge < -0.3 is 8.92 Å². The Balaban J connectivity index is 1.55. The van der Waals surface area contributed by atoms with Crippen molar-refractivity contribution >= 4 is 62.4 Å². The molecule has 0 atom stereocenters. The number of benzene rings is 4. The van der Waals surface area contributed by atoms with Crippen LogP contribution in [0, 0.1) is 10.1 Å². The molecule has 11 nitrogen and oxygen atoms in total. The lowest BCUT2D eigenvalue weighted by molar-refractivity contribution is -0.387. The summed E-state index contributed by atoms with van der Waals surface area (Å²) in [7, 11) is -3.37. The molecular formula is C30H21N3O8S2. The Labute approximate surface area is 251 Å². The normalized spacial score (nSPS) is 13.6. The van der Waals surface area contributed by atoms with Gasteiger partial charge in [-0.15, -0.1) is 0 Å². The quantitative estimate of drug-likeness (QED) is 0.0661. The summed E-state index contributed by atoms with van der Waals surface area (Å²) in [6.07, 6.45) is 1.33. The van der Waals surface area contributed by atoms with E-state index in [4.69, 9.17) is 21.1 Å². The van der Waals surface area contributed by atoms with Crippen molar-refractivity contribution in [2.45, 2.75) is 4.90 Å². The number of thiocarbonyl (C=S) groups is 1. The van der Waals surface area contributed by atoms with Gasteiger partial charge in [0.25, 0.3) is 17.5 Å². The standard InChI is InChI=1S/C30H21N3O8S2/c1-40-26-19-20(16-17-25(26)41-43(38,39)27-15-9-8-14-24(27)33(36)37)18-23-28(34)31(21-10-4-2-5-11-21)30(42)32(29(23)35)22-12-6-3-7-13-22/h2-19H,1H3. The highest BCUT2D eigenvalue weighted by atomic mass is 32.2. The number of hydrogen-bond acceptors (Lipinski definition) is 9. The van der Waals surface area contributed by atoms with Crippen LogP contribution in [0.3, 0.4) is 0 Å². The van der Waals surface area contributed by atoms with Crippen molar-refractivity contribution in [3.63, 3.8) is 0 Å². The van der Waals surface area contributed by atoms with Gasteiger partial charge in [0.15, 0.2) is 21.5 Å². The molecule has 4 aromatic rings. The molecular weight excluding hydrogens is 594 g/mol. The monoisotopic (exact) mass is 615 g/mol. The van der Waals surface area contributed by atoms with Crippen molar-refractivity contribution in [1.29, 1.82) is 0 Å².